The third-order valence-corrected chi connectivity index (χ3v) is 4.64. The van der Waals surface area contributed by atoms with Crippen molar-refractivity contribution in [1.29, 1.82) is 0 Å². The second kappa shape index (κ2) is 12.5. The Bertz CT molecular complexity index is 880. The zero-order valence-electron chi connectivity index (χ0n) is 18.3. The van der Waals surface area contributed by atoms with E-state index in [-0.39, 0.29) is 5.91 Å². The molecule has 31 heavy (non-hydrogen) atoms. The summed E-state index contributed by atoms with van der Waals surface area (Å²) < 4.78 is 16.1. The van der Waals surface area contributed by atoms with Gasteiger partial charge in [-0.3, -0.25) is 4.79 Å². The van der Waals surface area contributed by atoms with Gasteiger partial charge in [-0.25, -0.2) is 4.99 Å². The van der Waals surface area contributed by atoms with Crippen molar-refractivity contribution in [2.45, 2.75) is 13.5 Å². The molecule has 168 valence electrons. The molecule has 0 heterocycles. The van der Waals surface area contributed by atoms with Crippen LogP contribution >= 0.6 is 11.6 Å². The lowest BCUT2D eigenvalue weighted by Crippen LogP contribution is -2.41. The lowest BCUT2D eigenvalue weighted by molar-refractivity contribution is 0.0954. The lowest BCUT2D eigenvalue weighted by Gasteiger charge is -2.14. The summed E-state index contributed by atoms with van der Waals surface area (Å²) in [5, 5.41) is 9.64. The molecule has 2 aromatic rings. The molecule has 2 rings (SSSR count). The molecule has 0 unspecified atom stereocenters. The number of ether oxygens (including phenoxy) is 3. The molecule has 0 saturated heterocycles. The molecule has 9 heteroatoms. The van der Waals surface area contributed by atoms with Crippen LogP contribution in [0.2, 0.25) is 5.02 Å². The fourth-order valence-electron chi connectivity index (χ4n) is 2.84. The van der Waals surface area contributed by atoms with Crippen LogP contribution in [0.5, 0.6) is 17.2 Å². The zero-order valence-corrected chi connectivity index (χ0v) is 19.0. The van der Waals surface area contributed by atoms with Crippen molar-refractivity contribution in [2.24, 2.45) is 4.99 Å². The first kappa shape index (κ1) is 24.1. The average Bonchev–Trinajstić information content (AvgIpc) is 2.79. The minimum Gasteiger partial charge on any atom is -0.493 e. The first-order chi connectivity index (χ1) is 15.0. The highest BCUT2D eigenvalue weighted by Crippen LogP contribution is 2.38. The summed E-state index contributed by atoms with van der Waals surface area (Å²) in [7, 11) is 4.72. The molecule has 0 atom stereocenters. The summed E-state index contributed by atoms with van der Waals surface area (Å²) in [5.41, 5.74) is 1.35. The molecule has 0 fully saturated rings. The molecule has 0 spiro atoms. The summed E-state index contributed by atoms with van der Waals surface area (Å²) >= 11 is 6.05. The SMILES string of the molecule is CCNC(=NCc1cc(OC)c(OC)c(OC)c1)NCCNC(=O)c1ccccc1Cl. The highest BCUT2D eigenvalue weighted by Gasteiger charge is 2.13. The van der Waals surface area contributed by atoms with Crippen LogP contribution in [0.3, 0.4) is 0 Å². The zero-order chi connectivity index (χ0) is 22.6. The van der Waals surface area contributed by atoms with Crippen LogP contribution in [-0.2, 0) is 6.54 Å². The quantitative estimate of drug-likeness (QED) is 0.294. The monoisotopic (exact) mass is 448 g/mol. The third kappa shape index (κ3) is 6.96. The van der Waals surface area contributed by atoms with E-state index in [9.17, 15) is 4.79 Å². The van der Waals surface area contributed by atoms with Gasteiger partial charge < -0.3 is 30.2 Å². The Morgan fingerprint density at radius 1 is 0.968 bits per heavy atom. The van der Waals surface area contributed by atoms with E-state index in [1.807, 2.05) is 19.1 Å². The van der Waals surface area contributed by atoms with E-state index in [4.69, 9.17) is 25.8 Å². The molecule has 0 aliphatic rings. The molecule has 3 N–H and O–H groups in total. The Balaban J connectivity index is 1.96. The van der Waals surface area contributed by atoms with Gasteiger partial charge in [0.05, 0.1) is 38.5 Å². The van der Waals surface area contributed by atoms with Gasteiger partial charge in [-0.15, -0.1) is 0 Å². The van der Waals surface area contributed by atoms with Crippen LogP contribution in [0.15, 0.2) is 41.4 Å². The predicted octanol–water partition coefficient (Wildman–Crippen LogP) is 2.85. The first-order valence-corrected chi connectivity index (χ1v) is 10.3. The lowest BCUT2D eigenvalue weighted by atomic mass is 10.2. The van der Waals surface area contributed by atoms with Gasteiger partial charge in [-0.1, -0.05) is 23.7 Å². The summed E-state index contributed by atoms with van der Waals surface area (Å²) in [5.74, 6) is 2.10. The molecule has 0 radical (unpaired) electrons. The van der Waals surface area contributed by atoms with Gasteiger partial charge >= 0.3 is 0 Å². The van der Waals surface area contributed by atoms with Gasteiger partial charge in [0, 0.05) is 19.6 Å². The molecular weight excluding hydrogens is 420 g/mol. The molecule has 0 aromatic heterocycles. The topological polar surface area (TPSA) is 93.2 Å². The number of amides is 1. The molecule has 0 saturated carbocycles. The van der Waals surface area contributed by atoms with Crippen LogP contribution in [0, 0.1) is 0 Å². The summed E-state index contributed by atoms with van der Waals surface area (Å²) in [6.07, 6.45) is 0. The van der Waals surface area contributed by atoms with Gasteiger partial charge in [-0.2, -0.15) is 0 Å². The van der Waals surface area contributed by atoms with Crippen molar-refractivity contribution < 1.29 is 19.0 Å². The summed E-state index contributed by atoms with van der Waals surface area (Å²) in [6.45, 7) is 4.00. The van der Waals surface area contributed by atoms with Crippen molar-refractivity contribution in [3.8, 4) is 17.2 Å². The van der Waals surface area contributed by atoms with E-state index in [0.717, 1.165) is 5.56 Å². The number of nitrogens with one attached hydrogen (secondary N) is 3. The molecule has 0 aliphatic heterocycles. The largest absolute Gasteiger partial charge is 0.493 e. The fraction of sp³-hybridized carbons (Fsp3) is 0.364. The summed E-state index contributed by atoms with van der Waals surface area (Å²) in [4.78, 5) is 16.8. The van der Waals surface area contributed by atoms with Crippen molar-refractivity contribution in [3.05, 3.63) is 52.5 Å². The number of guanidine groups is 1. The van der Waals surface area contributed by atoms with Gasteiger partial charge in [0.25, 0.3) is 5.91 Å². The summed E-state index contributed by atoms with van der Waals surface area (Å²) in [6, 6.07) is 10.7. The van der Waals surface area contributed by atoms with E-state index >= 15 is 0 Å². The first-order valence-electron chi connectivity index (χ1n) is 9.87. The Kier molecular flexibility index (Phi) is 9.77. The second-order valence-electron chi connectivity index (χ2n) is 6.39. The Morgan fingerprint density at radius 3 is 2.19 bits per heavy atom. The fourth-order valence-corrected chi connectivity index (χ4v) is 3.06. The second-order valence-corrected chi connectivity index (χ2v) is 6.80. The van der Waals surface area contributed by atoms with Crippen LogP contribution in [-0.4, -0.2) is 52.8 Å². The molecular formula is C22H29ClN4O4. The number of rotatable bonds is 10. The minimum atomic E-state index is -0.216. The predicted molar refractivity (Wildman–Crippen MR) is 123 cm³/mol. The van der Waals surface area contributed by atoms with Crippen molar-refractivity contribution in [1.82, 2.24) is 16.0 Å². The number of benzene rings is 2. The maximum atomic E-state index is 12.2. The van der Waals surface area contributed by atoms with Gasteiger partial charge in [0.1, 0.15) is 0 Å². The van der Waals surface area contributed by atoms with Crippen LogP contribution in [0.25, 0.3) is 0 Å². The smallest absolute Gasteiger partial charge is 0.252 e. The maximum Gasteiger partial charge on any atom is 0.252 e. The maximum absolute atomic E-state index is 12.2. The number of carbonyl (C=O) groups excluding carboxylic acids is 1. The van der Waals surface area contributed by atoms with E-state index in [2.05, 4.69) is 20.9 Å². The normalized spacial score (nSPS) is 10.9. The number of aliphatic imine (C=N–C) groups is 1. The Morgan fingerprint density at radius 2 is 1.61 bits per heavy atom. The van der Waals surface area contributed by atoms with Crippen LogP contribution in [0.1, 0.15) is 22.8 Å². The molecule has 1 amide bonds. The molecule has 0 bridgehead atoms. The highest BCUT2D eigenvalue weighted by molar-refractivity contribution is 6.33. The van der Waals surface area contributed by atoms with Gasteiger partial charge in [-0.05, 0) is 36.8 Å². The minimum absolute atomic E-state index is 0.216. The standard InChI is InChI=1S/C22H29ClN4O4/c1-5-24-22(26-11-10-25-21(28)16-8-6-7-9-17(16)23)27-14-15-12-18(29-2)20(31-4)19(13-15)30-3/h6-9,12-13H,5,10-11,14H2,1-4H3,(H,25,28)(H2,24,26,27). The molecule has 0 aliphatic carbocycles. The number of halogens is 1. The number of hydrogen-bond acceptors (Lipinski definition) is 5. The number of nitrogens with zero attached hydrogens (tertiary/aromatic N) is 1. The molecule has 8 nitrogen and oxygen atoms in total. The Hall–Kier alpha value is -3.13. The number of hydrogen-bond donors (Lipinski definition) is 3. The average molecular weight is 449 g/mol. The van der Waals surface area contributed by atoms with Crippen molar-refractivity contribution >= 4 is 23.5 Å². The van der Waals surface area contributed by atoms with Gasteiger partial charge in [0.15, 0.2) is 17.5 Å². The highest BCUT2D eigenvalue weighted by atomic mass is 35.5. The van der Waals surface area contributed by atoms with Crippen molar-refractivity contribution in [3.63, 3.8) is 0 Å². The van der Waals surface area contributed by atoms with E-state index in [1.165, 1.54) is 0 Å². The van der Waals surface area contributed by atoms with E-state index in [0.29, 0.717) is 60.0 Å². The van der Waals surface area contributed by atoms with Crippen LogP contribution in [0.4, 0.5) is 0 Å². The third-order valence-electron chi connectivity index (χ3n) is 4.31. The molecule has 2 aromatic carbocycles. The van der Waals surface area contributed by atoms with Crippen LogP contribution < -0.4 is 30.2 Å². The van der Waals surface area contributed by atoms with E-state index < -0.39 is 0 Å². The Labute approximate surface area is 187 Å². The van der Waals surface area contributed by atoms with E-state index in [1.54, 1.807) is 45.6 Å². The number of carbonyl (C=O) groups is 1. The van der Waals surface area contributed by atoms with Gasteiger partial charge in [0.2, 0.25) is 5.75 Å². The number of methoxy groups -OCH3 is 3. The van der Waals surface area contributed by atoms with Crippen molar-refractivity contribution in [2.75, 3.05) is 41.0 Å².